The van der Waals surface area contributed by atoms with Gasteiger partial charge in [0.2, 0.25) is 0 Å². The average molecular weight is 205 g/mol. The summed E-state index contributed by atoms with van der Waals surface area (Å²) in [5.74, 6) is -1.30. The molecule has 1 aromatic carbocycles. The summed E-state index contributed by atoms with van der Waals surface area (Å²) in [7, 11) is 0. The van der Waals surface area contributed by atoms with E-state index in [1.165, 1.54) is 0 Å². The van der Waals surface area contributed by atoms with Crippen molar-refractivity contribution in [2.75, 3.05) is 6.61 Å². The van der Waals surface area contributed by atoms with Crippen LogP contribution in [0.15, 0.2) is 29.3 Å². The van der Waals surface area contributed by atoms with Crippen molar-refractivity contribution in [3.8, 4) is 0 Å². The topological polar surface area (TPSA) is 58.9 Å². The number of carboxylic acid groups (broad SMARTS) is 1. The summed E-state index contributed by atoms with van der Waals surface area (Å²) in [6.45, 7) is 2.30. The number of benzene rings is 1. The highest BCUT2D eigenvalue weighted by Gasteiger charge is 2.24. The van der Waals surface area contributed by atoms with Crippen molar-refractivity contribution in [2.45, 2.75) is 13.0 Å². The number of hydrogen-bond donors (Lipinski definition) is 1. The van der Waals surface area contributed by atoms with E-state index in [1.807, 2.05) is 31.2 Å². The highest BCUT2D eigenvalue weighted by atomic mass is 16.5. The van der Waals surface area contributed by atoms with Crippen LogP contribution in [0.3, 0.4) is 0 Å². The van der Waals surface area contributed by atoms with E-state index in [2.05, 4.69) is 4.99 Å². The summed E-state index contributed by atoms with van der Waals surface area (Å²) >= 11 is 0. The van der Waals surface area contributed by atoms with Crippen LogP contribution in [-0.2, 0) is 9.53 Å². The smallest absolute Gasteiger partial charge is 0.391 e. The van der Waals surface area contributed by atoms with E-state index in [9.17, 15) is 4.79 Å². The fraction of sp³-hybridized carbons (Fsp3) is 0.273. The molecule has 0 bridgehead atoms. The SMILES string of the molecule is Cc1cccc(C2COC(C(=O)O)=N2)c1. The Hall–Kier alpha value is -1.84. The Balaban J connectivity index is 2.24. The van der Waals surface area contributed by atoms with Crippen LogP contribution >= 0.6 is 0 Å². The van der Waals surface area contributed by atoms with Gasteiger partial charge in [0.25, 0.3) is 5.90 Å². The molecule has 0 fully saturated rings. The van der Waals surface area contributed by atoms with Crippen LogP contribution in [0.25, 0.3) is 0 Å². The third-order valence-corrected chi connectivity index (χ3v) is 2.26. The van der Waals surface area contributed by atoms with Gasteiger partial charge in [-0.3, -0.25) is 0 Å². The Labute approximate surface area is 87.2 Å². The maximum atomic E-state index is 10.6. The van der Waals surface area contributed by atoms with Crippen LogP contribution < -0.4 is 0 Å². The first kappa shape index (κ1) is 9.71. The zero-order valence-electron chi connectivity index (χ0n) is 8.30. The summed E-state index contributed by atoms with van der Waals surface area (Å²) in [4.78, 5) is 14.6. The van der Waals surface area contributed by atoms with Crippen LogP contribution in [0.4, 0.5) is 0 Å². The Bertz CT molecular complexity index is 426. The van der Waals surface area contributed by atoms with Gasteiger partial charge < -0.3 is 9.84 Å². The average Bonchev–Trinajstić information content (AvgIpc) is 2.66. The zero-order chi connectivity index (χ0) is 10.8. The predicted molar refractivity (Wildman–Crippen MR) is 54.9 cm³/mol. The van der Waals surface area contributed by atoms with Gasteiger partial charge in [-0.15, -0.1) is 0 Å². The lowest BCUT2D eigenvalue weighted by atomic mass is 10.1. The predicted octanol–water partition coefficient (Wildman–Crippen LogP) is 1.55. The molecule has 1 N–H and O–H groups in total. The minimum absolute atomic E-state index is 0.184. The first-order chi connectivity index (χ1) is 7.16. The molecule has 0 spiro atoms. The first-order valence-electron chi connectivity index (χ1n) is 4.67. The van der Waals surface area contributed by atoms with Gasteiger partial charge in [-0.05, 0) is 12.5 Å². The van der Waals surface area contributed by atoms with Crippen molar-refractivity contribution >= 4 is 11.9 Å². The highest BCUT2D eigenvalue weighted by Crippen LogP contribution is 2.23. The molecule has 15 heavy (non-hydrogen) atoms. The number of nitrogens with zero attached hydrogens (tertiary/aromatic N) is 1. The maximum Gasteiger partial charge on any atom is 0.391 e. The fourth-order valence-electron chi connectivity index (χ4n) is 1.54. The molecule has 0 amide bonds. The molecule has 0 radical (unpaired) electrons. The molecular weight excluding hydrogens is 194 g/mol. The number of carboxylic acids is 1. The Kier molecular flexibility index (Phi) is 2.41. The third kappa shape index (κ3) is 1.98. The molecule has 4 nitrogen and oxygen atoms in total. The zero-order valence-corrected chi connectivity index (χ0v) is 8.30. The van der Waals surface area contributed by atoms with E-state index >= 15 is 0 Å². The lowest BCUT2D eigenvalue weighted by Crippen LogP contribution is -2.12. The van der Waals surface area contributed by atoms with Crippen molar-refractivity contribution < 1.29 is 14.6 Å². The largest absolute Gasteiger partial charge is 0.474 e. The molecular formula is C11H11NO3. The summed E-state index contributed by atoms with van der Waals surface area (Å²) in [5, 5.41) is 8.68. The number of aliphatic carboxylic acids is 1. The van der Waals surface area contributed by atoms with Gasteiger partial charge in [-0.2, -0.15) is 0 Å². The Morgan fingerprint density at radius 2 is 2.40 bits per heavy atom. The second-order valence-electron chi connectivity index (χ2n) is 3.48. The van der Waals surface area contributed by atoms with Gasteiger partial charge >= 0.3 is 5.97 Å². The van der Waals surface area contributed by atoms with Gasteiger partial charge in [-0.25, -0.2) is 9.79 Å². The van der Waals surface area contributed by atoms with Crippen LogP contribution in [0.2, 0.25) is 0 Å². The van der Waals surface area contributed by atoms with E-state index in [-0.39, 0.29) is 11.9 Å². The molecule has 0 aromatic heterocycles. The molecule has 1 aromatic rings. The van der Waals surface area contributed by atoms with E-state index in [0.717, 1.165) is 11.1 Å². The summed E-state index contributed by atoms with van der Waals surface area (Å²) in [6, 6.07) is 7.65. The van der Waals surface area contributed by atoms with Crippen molar-refractivity contribution in [3.63, 3.8) is 0 Å². The minimum Gasteiger partial charge on any atom is -0.474 e. The minimum atomic E-state index is -1.11. The lowest BCUT2D eigenvalue weighted by Gasteiger charge is -2.05. The number of ether oxygens (including phenoxy) is 1. The molecule has 0 aliphatic carbocycles. The molecule has 4 heteroatoms. The first-order valence-corrected chi connectivity index (χ1v) is 4.67. The number of hydrogen-bond acceptors (Lipinski definition) is 3. The van der Waals surface area contributed by atoms with Crippen molar-refractivity contribution in [3.05, 3.63) is 35.4 Å². The van der Waals surface area contributed by atoms with Gasteiger partial charge in [0.1, 0.15) is 12.6 Å². The van der Waals surface area contributed by atoms with Crippen LogP contribution in [0, 0.1) is 6.92 Å². The van der Waals surface area contributed by atoms with Crippen LogP contribution in [0.1, 0.15) is 17.2 Å². The Morgan fingerprint density at radius 3 is 3.00 bits per heavy atom. The number of aliphatic imine (C=N–C) groups is 1. The standard InChI is InChI=1S/C11H11NO3/c1-7-3-2-4-8(5-7)9-6-15-10(12-9)11(13)14/h2-5,9H,6H2,1H3,(H,13,14). The van der Waals surface area contributed by atoms with Crippen molar-refractivity contribution in [1.82, 2.24) is 0 Å². The highest BCUT2D eigenvalue weighted by molar-refractivity contribution is 6.32. The second kappa shape index (κ2) is 3.73. The van der Waals surface area contributed by atoms with Gasteiger partial charge in [0.15, 0.2) is 0 Å². The van der Waals surface area contributed by atoms with Crippen LogP contribution in [0.5, 0.6) is 0 Å². The number of aryl methyl sites for hydroxylation is 1. The van der Waals surface area contributed by atoms with Gasteiger partial charge in [0.05, 0.1) is 0 Å². The molecule has 1 aliphatic heterocycles. The van der Waals surface area contributed by atoms with Gasteiger partial charge in [-0.1, -0.05) is 29.8 Å². The summed E-state index contributed by atoms with van der Waals surface area (Å²) in [5.41, 5.74) is 2.12. The lowest BCUT2D eigenvalue weighted by molar-refractivity contribution is -0.130. The van der Waals surface area contributed by atoms with E-state index in [0.29, 0.717) is 6.61 Å². The molecule has 2 rings (SSSR count). The molecule has 1 aliphatic rings. The van der Waals surface area contributed by atoms with E-state index < -0.39 is 5.97 Å². The molecule has 1 atom stereocenters. The van der Waals surface area contributed by atoms with E-state index in [4.69, 9.17) is 9.84 Å². The van der Waals surface area contributed by atoms with Gasteiger partial charge in [0, 0.05) is 0 Å². The van der Waals surface area contributed by atoms with Crippen LogP contribution in [-0.4, -0.2) is 23.6 Å². The van der Waals surface area contributed by atoms with Crippen molar-refractivity contribution in [2.24, 2.45) is 4.99 Å². The second-order valence-corrected chi connectivity index (χ2v) is 3.48. The molecule has 0 saturated carbocycles. The molecule has 78 valence electrons. The molecule has 1 heterocycles. The maximum absolute atomic E-state index is 10.6. The summed E-state index contributed by atoms with van der Waals surface area (Å²) < 4.78 is 4.97. The quantitative estimate of drug-likeness (QED) is 0.796. The third-order valence-electron chi connectivity index (χ3n) is 2.26. The van der Waals surface area contributed by atoms with E-state index in [1.54, 1.807) is 0 Å². The van der Waals surface area contributed by atoms with Crippen molar-refractivity contribution in [1.29, 1.82) is 0 Å². The number of carbonyl (C=O) groups is 1. The summed E-state index contributed by atoms with van der Waals surface area (Å²) in [6.07, 6.45) is 0. The molecule has 0 saturated heterocycles. The monoisotopic (exact) mass is 205 g/mol. The normalized spacial score (nSPS) is 19.5. The number of rotatable bonds is 2. The Morgan fingerprint density at radius 1 is 1.60 bits per heavy atom. The fourth-order valence-corrected chi connectivity index (χ4v) is 1.54. The molecule has 1 unspecified atom stereocenters.